The lowest BCUT2D eigenvalue weighted by atomic mass is 9.69. The van der Waals surface area contributed by atoms with Gasteiger partial charge in [-0.15, -0.1) is 0 Å². The largest absolute Gasteiger partial charge is 0.0601 e. The molecule has 110 valence electrons. The second kappa shape index (κ2) is 4.23. The summed E-state index contributed by atoms with van der Waals surface area (Å²) in [5.74, 6) is 0. The van der Waals surface area contributed by atoms with Gasteiger partial charge in [-0.1, -0.05) is 38.8 Å². The van der Waals surface area contributed by atoms with Crippen LogP contribution in [0, 0.1) is 10.8 Å². The fraction of sp³-hybridized carbons (Fsp3) is 0.600. The van der Waals surface area contributed by atoms with Crippen molar-refractivity contribution in [3.8, 4) is 0 Å². The van der Waals surface area contributed by atoms with E-state index in [2.05, 4.69) is 69.2 Å². The molecule has 0 saturated heterocycles. The van der Waals surface area contributed by atoms with Crippen LogP contribution in [0.1, 0.15) is 69.2 Å². The van der Waals surface area contributed by atoms with Gasteiger partial charge in [0.25, 0.3) is 0 Å². The first kappa shape index (κ1) is 15.4. The van der Waals surface area contributed by atoms with Crippen LogP contribution >= 0.6 is 0 Å². The van der Waals surface area contributed by atoms with Gasteiger partial charge in [-0.2, -0.15) is 0 Å². The molecule has 0 amide bonds. The average molecular weight is 270 g/mol. The molecule has 0 saturated carbocycles. The minimum atomic E-state index is 0.160. The third-order valence-corrected chi connectivity index (χ3v) is 6.38. The Hall–Kier alpha value is -1.04. The minimum Gasteiger partial charge on any atom is -0.0601 e. The zero-order valence-corrected chi connectivity index (χ0v) is 15.0. The Morgan fingerprint density at radius 1 is 0.450 bits per heavy atom. The first-order chi connectivity index (χ1) is 8.95. The Labute approximate surface area is 125 Å². The predicted octanol–water partition coefficient (Wildman–Crippen LogP) is 6.37. The molecule has 0 nitrogen and oxygen atoms in total. The van der Waals surface area contributed by atoms with Gasteiger partial charge in [0.15, 0.2) is 0 Å². The molecule has 2 aliphatic carbocycles. The first-order valence-corrected chi connectivity index (χ1v) is 7.75. The van der Waals surface area contributed by atoms with E-state index in [9.17, 15) is 0 Å². The molecule has 0 fully saturated rings. The van der Waals surface area contributed by atoms with Crippen molar-refractivity contribution in [2.45, 2.75) is 69.2 Å². The van der Waals surface area contributed by atoms with Crippen LogP contribution in [0.4, 0.5) is 0 Å². The van der Waals surface area contributed by atoms with Crippen LogP contribution in [0.3, 0.4) is 0 Å². The molecule has 0 aromatic rings. The zero-order valence-electron chi connectivity index (χ0n) is 15.0. The monoisotopic (exact) mass is 270 g/mol. The Morgan fingerprint density at radius 2 is 0.700 bits per heavy atom. The van der Waals surface area contributed by atoms with Crippen LogP contribution in [-0.2, 0) is 0 Å². The van der Waals surface area contributed by atoms with E-state index in [4.69, 9.17) is 0 Å². The molecule has 0 aromatic heterocycles. The van der Waals surface area contributed by atoms with Crippen LogP contribution in [0.15, 0.2) is 44.6 Å². The highest BCUT2D eigenvalue weighted by atomic mass is 14.5. The highest BCUT2D eigenvalue weighted by Gasteiger charge is 2.44. The molecule has 0 heteroatoms. The smallest absolute Gasteiger partial charge is 0.0114 e. The highest BCUT2D eigenvalue weighted by molar-refractivity contribution is 5.66. The van der Waals surface area contributed by atoms with Gasteiger partial charge in [-0.25, -0.2) is 0 Å². The predicted molar refractivity (Wildman–Crippen MR) is 89.7 cm³/mol. The van der Waals surface area contributed by atoms with Gasteiger partial charge in [0.2, 0.25) is 0 Å². The maximum atomic E-state index is 2.39. The van der Waals surface area contributed by atoms with Gasteiger partial charge in [-0.3, -0.25) is 0 Å². The molecule has 0 atom stereocenters. The van der Waals surface area contributed by atoms with Crippen molar-refractivity contribution in [3.63, 3.8) is 0 Å². The quantitative estimate of drug-likeness (QED) is 0.519. The topological polar surface area (TPSA) is 0 Å². The first-order valence-electron chi connectivity index (χ1n) is 7.75. The van der Waals surface area contributed by atoms with Crippen LogP contribution in [0.25, 0.3) is 0 Å². The summed E-state index contributed by atoms with van der Waals surface area (Å²) in [5, 5.41) is 0. The average Bonchev–Trinajstić information content (AvgIpc) is 2.59. The maximum absolute atomic E-state index is 2.39. The second-order valence-electron chi connectivity index (χ2n) is 7.75. The van der Waals surface area contributed by atoms with Gasteiger partial charge in [0.05, 0.1) is 0 Å². The van der Waals surface area contributed by atoms with E-state index in [1.54, 1.807) is 11.1 Å². The van der Waals surface area contributed by atoms with Crippen LogP contribution in [0.5, 0.6) is 0 Å². The highest BCUT2D eigenvalue weighted by Crippen LogP contribution is 2.58. The summed E-state index contributed by atoms with van der Waals surface area (Å²) in [4.78, 5) is 0. The maximum Gasteiger partial charge on any atom is 0.0114 e. The summed E-state index contributed by atoms with van der Waals surface area (Å²) < 4.78 is 0. The lowest BCUT2D eigenvalue weighted by molar-refractivity contribution is 0.490. The lowest BCUT2D eigenvalue weighted by Crippen LogP contribution is -2.23. The van der Waals surface area contributed by atoms with Crippen molar-refractivity contribution in [3.05, 3.63) is 44.6 Å². The summed E-state index contributed by atoms with van der Waals surface area (Å²) in [7, 11) is 0. The van der Waals surface area contributed by atoms with Gasteiger partial charge in [0.1, 0.15) is 0 Å². The molecular weight excluding hydrogens is 240 g/mol. The number of hydrogen-bond acceptors (Lipinski definition) is 0. The second-order valence-corrected chi connectivity index (χ2v) is 7.75. The molecule has 0 spiro atoms. The molecule has 0 N–H and O–H groups in total. The number of rotatable bonds is 1. The standard InChI is InChI=1S/C20H30/c1-11-13(3)17(19(7,8)15(11)5)18-14(4)12(2)16(6)20(18,9)10/h1-10H3. The van der Waals surface area contributed by atoms with E-state index in [0.717, 1.165) is 0 Å². The Bertz CT molecular complexity index is 554. The van der Waals surface area contributed by atoms with E-state index < -0.39 is 0 Å². The normalized spacial score (nSPS) is 25.5. The molecule has 0 aromatic carbocycles. The molecular formula is C20H30. The van der Waals surface area contributed by atoms with Crippen molar-refractivity contribution in [1.82, 2.24) is 0 Å². The summed E-state index contributed by atoms with van der Waals surface area (Å²) in [5.41, 5.74) is 12.5. The third-order valence-electron chi connectivity index (χ3n) is 6.38. The fourth-order valence-corrected chi connectivity index (χ4v) is 4.19. The molecule has 0 aliphatic heterocycles. The Kier molecular flexibility index (Phi) is 3.24. The van der Waals surface area contributed by atoms with E-state index in [1.165, 1.54) is 33.4 Å². The van der Waals surface area contributed by atoms with Crippen molar-refractivity contribution in [1.29, 1.82) is 0 Å². The van der Waals surface area contributed by atoms with Gasteiger partial charge in [0, 0.05) is 10.8 Å². The number of hydrogen-bond donors (Lipinski definition) is 0. The van der Waals surface area contributed by atoms with Gasteiger partial charge >= 0.3 is 0 Å². The van der Waals surface area contributed by atoms with Crippen LogP contribution in [0.2, 0.25) is 0 Å². The van der Waals surface area contributed by atoms with Crippen molar-refractivity contribution in [2.75, 3.05) is 0 Å². The molecule has 0 heterocycles. The number of allylic oxidation sites excluding steroid dienone is 8. The SMILES string of the molecule is CC1=C(C)C(C)(C)C(C2=C(C)C(C)=C(C)C2(C)C)=C1C. The van der Waals surface area contributed by atoms with Crippen molar-refractivity contribution >= 4 is 0 Å². The molecule has 2 aliphatic rings. The van der Waals surface area contributed by atoms with Gasteiger partial charge in [-0.05, 0) is 75.0 Å². The fourth-order valence-electron chi connectivity index (χ4n) is 4.19. The molecule has 2 rings (SSSR count). The summed E-state index contributed by atoms with van der Waals surface area (Å²) in [6, 6.07) is 0. The van der Waals surface area contributed by atoms with E-state index in [1.807, 2.05) is 0 Å². The summed E-state index contributed by atoms with van der Waals surface area (Å²) in [6.07, 6.45) is 0. The summed E-state index contributed by atoms with van der Waals surface area (Å²) in [6.45, 7) is 23.3. The van der Waals surface area contributed by atoms with Crippen molar-refractivity contribution < 1.29 is 0 Å². The minimum absolute atomic E-state index is 0.160. The third kappa shape index (κ3) is 1.66. The van der Waals surface area contributed by atoms with Crippen LogP contribution < -0.4 is 0 Å². The van der Waals surface area contributed by atoms with Crippen molar-refractivity contribution in [2.24, 2.45) is 10.8 Å². The van der Waals surface area contributed by atoms with E-state index >= 15 is 0 Å². The molecule has 0 unspecified atom stereocenters. The van der Waals surface area contributed by atoms with E-state index in [-0.39, 0.29) is 10.8 Å². The Morgan fingerprint density at radius 3 is 0.850 bits per heavy atom. The molecule has 0 radical (unpaired) electrons. The lowest BCUT2D eigenvalue weighted by Gasteiger charge is -2.35. The zero-order chi connectivity index (χ0) is 15.6. The molecule has 20 heavy (non-hydrogen) atoms. The van der Waals surface area contributed by atoms with E-state index in [0.29, 0.717) is 0 Å². The summed E-state index contributed by atoms with van der Waals surface area (Å²) >= 11 is 0. The molecule has 0 bridgehead atoms. The Balaban J connectivity index is 2.73. The van der Waals surface area contributed by atoms with Crippen LogP contribution in [-0.4, -0.2) is 0 Å². The van der Waals surface area contributed by atoms with Gasteiger partial charge < -0.3 is 0 Å².